The average molecular weight is 450 g/mol. The van der Waals surface area contributed by atoms with Crippen LogP contribution in [-0.4, -0.2) is 59.1 Å². The number of aromatic nitrogens is 1. The highest BCUT2D eigenvalue weighted by Crippen LogP contribution is 2.39. The van der Waals surface area contributed by atoms with E-state index in [0.717, 1.165) is 24.2 Å². The zero-order valence-corrected chi connectivity index (χ0v) is 17.2. The van der Waals surface area contributed by atoms with Crippen LogP contribution < -0.4 is 9.47 Å². The molecule has 3 heterocycles. The highest BCUT2D eigenvalue weighted by Gasteiger charge is 2.34. The number of hydrogen-bond donors (Lipinski definition) is 1. The Labute approximate surface area is 172 Å². The van der Waals surface area contributed by atoms with Gasteiger partial charge in [0.2, 0.25) is 0 Å². The summed E-state index contributed by atoms with van der Waals surface area (Å²) in [6.07, 6.45) is 3.40. The van der Waals surface area contributed by atoms with Crippen molar-refractivity contribution < 1.29 is 18.9 Å². The quantitative estimate of drug-likeness (QED) is 0.724. The Hall–Kier alpha value is -1.68. The van der Waals surface area contributed by atoms with Crippen LogP contribution in [-0.2, 0) is 13.2 Å². The van der Waals surface area contributed by atoms with Crippen LogP contribution in [0.1, 0.15) is 11.1 Å². The van der Waals surface area contributed by atoms with Gasteiger partial charge in [-0.1, -0.05) is 0 Å². The molecule has 0 unspecified atom stereocenters. The van der Waals surface area contributed by atoms with Crippen molar-refractivity contribution in [2.24, 2.45) is 0 Å². The van der Waals surface area contributed by atoms with E-state index in [2.05, 4.69) is 25.8 Å². The first-order chi connectivity index (χ1) is 13.5. The number of ether oxygens (including phenoxy) is 2. The number of pyridine rings is 1. The molecule has 148 valence electrons. The van der Waals surface area contributed by atoms with Gasteiger partial charge in [0.25, 0.3) is 0 Å². The fourth-order valence-corrected chi connectivity index (χ4v) is 4.08. The van der Waals surface area contributed by atoms with Gasteiger partial charge in [-0.05, 0) is 46.5 Å². The lowest BCUT2D eigenvalue weighted by atomic mass is 9.83. The minimum atomic E-state index is -0.494. The molecule has 2 aliphatic heterocycles. The third-order valence-corrected chi connectivity index (χ3v) is 6.05. The van der Waals surface area contributed by atoms with Crippen molar-refractivity contribution in [3.8, 4) is 11.5 Å². The summed E-state index contributed by atoms with van der Waals surface area (Å²) in [6.45, 7) is 5.33. The Bertz CT molecular complexity index is 843. The van der Waals surface area contributed by atoms with Gasteiger partial charge in [-0.15, -0.1) is 0 Å². The fraction of sp³-hybridized carbons (Fsp3) is 0.421. The van der Waals surface area contributed by atoms with E-state index in [4.69, 9.17) is 9.47 Å². The van der Waals surface area contributed by atoms with E-state index < -0.39 is 12.9 Å². The lowest BCUT2D eigenvalue weighted by Crippen LogP contribution is -2.57. The topological polar surface area (TPSA) is 58.1 Å². The molecule has 1 atom stereocenters. The van der Waals surface area contributed by atoms with Gasteiger partial charge in [-0.25, -0.2) is 4.39 Å². The second-order valence-corrected chi connectivity index (χ2v) is 7.99. The lowest BCUT2D eigenvalue weighted by Gasteiger charge is -2.40. The molecule has 1 saturated heterocycles. The van der Waals surface area contributed by atoms with Crippen LogP contribution in [0.5, 0.6) is 11.5 Å². The number of piperazine rings is 1. The van der Waals surface area contributed by atoms with Crippen molar-refractivity contribution in [2.75, 3.05) is 26.2 Å². The van der Waals surface area contributed by atoms with Crippen molar-refractivity contribution in [2.45, 2.75) is 26.0 Å². The molecule has 4 rings (SSSR count). The Morgan fingerprint density at radius 2 is 2.18 bits per heavy atom. The van der Waals surface area contributed by atoms with Gasteiger partial charge in [-0.3, -0.25) is 9.88 Å². The van der Waals surface area contributed by atoms with Crippen LogP contribution in [0.4, 0.5) is 4.39 Å². The standard InChI is InChI=1S/C19H22BBrFN3O3/c1-20(26)25-7-6-24-9-14-8-16(27-11-13-2-4-23-5-3-13)17(21)18(22)19(14)28-12-15(24)10-25/h2-5,8,15,26H,6-7,9-12H2,1H3/t15-/m1/s1. The van der Waals surface area contributed by atoms with E-state index in [1.807, 2.05) is 23.0 Å². The minimum absolute atomic E-state index is 0.107. The third kappa shape index (κ3) is 4.03. The zero-order chi connectivity index (χ0) is 19.7. The van der Waals surface area contributed by atoms with Crippen LogP contribution in [0, 0.1) is 5.82 Å². The zero-order valence-electron chi connectivity index (χ0n) is 15.6. The first kappa shape index (κ1) is 19.6. The van der Waals surface area contributed by atoms with Crippen molar-refractivity contribution in [1.29, 1.82) is 0 Å². The first-order valence-electron chi connectivity index (χ1n) is 9.34. The van der Waals surface area contributed by atoms with E-state index >= 15 is 4.39 Å². The lowest BCUT2D eigenvalue weighted by molar-refractivity contribution is 0.0780. The van der Waals surface area contributed by atoms with Crippen LogP contribution in [0.25, 0.3) is 0 Å². The third-order valence-electron chi connectivity index (χ3n) is 5.31. The van der Waals surface area contributed by atoms with Gasteiger partial charge in [0.05, 0.1) is 10.5 Å². The molecule has 0 bridgehead atoms. The predicted octanol–water partition coefficient (Wildman–Crippen LogP) is 2.55. The highest BCUT2D eigenvalue weighted by molar-refractivity contribution is 9.10. The molecule has 1 N–H and O–H groups in total. The number of fused-ring (bicyclic) bond motifs is 2. The highest BCUT2D eigenvalue weighted by atomic mass is 79.9. The molecule has 0 aliphatic carbocycles. The monoisotopic (exact) mass is 449 g/mol. The van der Waals surface area contributed by atoms with Gasteiger partial charge in [0, 0.05) is 44.1 Å². The van der Waals surface area contributed by atoms with Gasteiger partial charge in [-0.2, -0.15) is 0 Å². The summed E-state index contributed by atoms with van der Waals surface area (Å²) in [5.41, 5.74) is 1.74. The molecule has 2 aliphatic rings. The molecule has 2 aromatic rings. The molecule has 0 saturated carbocycles. The normalized spacial score (nSPS) is 19.9. The van der Waals surface area contributed by atoms with Crippen molar-refractivity contribution >= 4 is 23.0 Å². The summed E-state index contributed by atoms with van der Waals surface area (Å²) in [5, 5.41) is 9.86. The van der Waals surface area contributed by atoms with Crippen LogP contribution in [0.3, 0.4) is 0 Å². The summed E-state index contributed by atoms with van der Waals surface area (Å²) in [6, 6.07) is 5.69. The molecule has 9 heteroatoms. The van der Waals surface area contributed by atoms with E-state index in [0.29, 0.717) is 32.1 Å². The van der Waals surface area contributed by atoms with Gasteiger partial charge >= 0.3 is 7.05 Å². The second-order valence-electron chi connectivity index (χ2n) is 7.20. The summed E-state index contributed by atoms with van der Waals surface area (Å²) in [5.74, 6) is 0.299. The van der Waals surface area contributed by atoms with E-state index in [9.17, 15) is 5.02 Å². The molecule has 0 amide bonds. The number of halogens is 2. The number of benzene rings is 1. The van der Waals surface area contributed by atoms with E-state index in [-0.39, 0.29) is 16.3 Å². The van der Waals surface area contributed by atoms with E-state index in [1.54, 1.807) is 19.2 Å². The maximum atomic E-state index is 15.0. The fourth-order valence-electron chi connectivity index (χ4n) is 3.68. The maximum absolute atomic E-state index is 15.0. The van der Waals surface area contributed by atoms with Gasteiger partial charge in [0.15, 0.2) is 11.6 Å². The smallest absolute Gasteiger partial charge is 0.376 e. The molecular weight excluding hydrogens is 428 g/mol. The number of nitrogens with zero attached hydrogens (tertiary/aromatic N) is 3. The van der Waals surface area contributed by atoms with Gasteiger partial charge in [0.1, 0.15) is 19.0 Å². The molecule has 1 aromatic carbocycles. The van der Waals surface area contributed by atoms with Crippen molar-refractivity contribution in [1.82, 2.24) is 14.7 Å². The van der Waals surface area contributed by atoms with Gasteiger partial charge < -0.3 is 19.3 Å². The van der Waals surface area contributed by atoms with Crippen LogP contribution >= 0.6 is 15.9 Å². The molecule has 28 heavy (non-hydrogen) atoms. The number of rotatable bonds is 4. The summed E-state index contributed by atoms with van der Waals surface area (Å²) >= 11 is 3.32. The average Bonchev–Trinajstić information content (AvgIpc) is 2.89. The first-order valence-corrected chi connectivity index (χ1v) is 10.1. The SMILES string of the molecule is CB(O)N1CCN2Cc3cc(OCc4ccncc4)c(Br)c(F)c3OC[C@H]2C1. The minimum Gasteiger partial charge on any atom is -0.488 e. The second kappa shape index (κ2) is 8.36. The van der Waals surface area contributed by atoms with Crippen molar-refractivity contribution in [3.05, 3.63) is 52.0 Å². The number of hydrogen-bond acceptors (Lipinski definition) is 6. The Balaban J connectivity index is 1.55. The largest absolute Gasteiger partial charge is 0.488 e. The maximum Gasteiger partial charge on any atom is 0.376 e. The summed E-state index contributed by atoms with van der Waals surface area (Å²) < 4.78 is 27.0. The predicted molar refractivity (Wildman–Crippen MR) is 108 cm³/mol. The molecule has 0 radical (unpaired) electrons. The summed E-state index contributed by atoms with van der Waals surface area (Å²) in [4.78, 5) is 8.28. The molecule has 6 nitrogen and oxygen atoms in total. The van der Waals surface area contributed by atoms with Crippen LogP contribution in [0.2, 0.25) is 6.82 Å². The van der Waals surface area contributed by atoms with E-state index in [1.165, 1.54) is 0 Å². The molecule has 0 spiro atoms. The van der Waals surface area contributed by atoms with Crippen molar-refractivity contribution in [3.63, 3.8) is 0 Å². The summed E-state index contributed by atoms with van der Waals surface area (Å²) in [7, 11) is -0.494. The molecule has 1 aromatic heterocycles. The van der Waals surface area contributed by atoms with Crippen LogP contribution in [0.15, 0.2) is 35.1 Å². The Kier molecular flexibility index (Phi) is 5.87. The molecule has 1 fully saturated rings. The Morgan fingerprint density at radius 1 is 1.39 bits per heavy atom. The Morgan fingerprint density at radius 3 is 2.93 bits per heavy atom. The molecular formula is C19H22BBrFN3O3.